The Kier molecular flexibility index (Phi) is 3.98. The average molecular weight is 328 g/mol. The third kappa shape index (κ3) is 3.24. The van der Waals surface area contributed by atoms with E-state index in [1.807, 2.05) is 0 Å². The molecule has 3 aromatic rings. The van der Waals surface area contributed by atoms with Gasteiger partial charge < -0.3 is 14.8 Å². The minimum absolute atomic E-state index is 0.0167. The van der Waals surface area contributed by atoms with Gasteiger partial charge in [-0.3, -0.25) is 19.6 Å². The second kappa shape index (κ2) is 6.24. The monoisotopic (exact) mass is 328 g/mol. The van der Waals surface area contributed by atoms with Crippen LogP contribution in [0.5, 0.6) is 5.75 Å². The van der Waals surface area contributed by atoms with Crippen molar-refractivity contribution in [3.63, 3.8) is 0 Å². The Hall–Kier alpha value is -3.62. The summed E-state index contributed by atoms with van der Waals surface area (Å²) in [4.78, 5) is 22.3. The molecular weight excluding hydrogens is 316 g/mol. The zero-order chi connectivity index (χ0) is 17.1. The fourth-order valence-corrected chi connectivity index (χ4v) is 2.06. The van der Waals surface area contributed by atoms with Gasteiger partial charge in [-0.25, -0.2) is 0 Å². The fraction of sp³-hybridized carbons (Fsp3) is 0.0667. The van der Waals surface area contributed by atoms with Crippen LogP contribution >= 0.6 is 0 Å². The van der Waals surface area contributed by atoms with Crippen LogP contribution < -0.4 is 5.32 Å². The number of amides is 1. The van der Waals surface area contributed by atoms with Crippen LogP contribution in [0.25, 0.3) is 0 Å². The Morgan fingerprint density at radius 3 is 2.92 bits per heavy atom. The van der Waals surface area contributed by atoms with Crippen LogP contribution in [-0.4, -0.2) is 25.7 Å². The van der Waals surface area contributed by atoms with Crippen molar-refractivity contribution in [3.05, 3.63) is 70.4 Å². The molecular formula is C15H12N4O5. The second-order valence-electron chi connectivity index (χ2n) is 4.88. The molecule has 9 nitrogen and oxygen atoms in total. The SMILES string of the molecule is O=C(Nc1cc([N+](=O)[O-])ccc1O)c1ccc(Cn2cccn2)o1. The third-order valence-electron chi connectivity index (χ3n) is 3.20. The van der Waals surface area contributed by atoms with E-state index in [4.69, 9.17) is 4.42 Å². The lowest BCUT2D eigenvalue weighted by Gasteiger charge is -2.05. The molecule has 0 saturated heterocycles. The zero-order valence-electron chi connectivity index (χ0n) is 12.2. The van der Waals surface area contributed by atoms with Crippen LogP contribution in [0.1, 0.15) is 16.3 Å². The molecule has 0 unspecified atom stereocenters. The zero-order valence-corrected chi connectivity index (χ0v) is 12.2. The highest BCUT2D eigenvalue weighted by molar-refractivity contribution is 6.03. The number of non-ortho nitro benzene ring substituents is 1. The first kappa shape index (κ1) is 15.3. The number of hydrogen-bond donors (Lipinski definition) is 2. The largest absolute Gasteiger partial charge is 0.506 e. The number of nitro benzene ring substituents is 1. The molecule has 0 atom stereocenters. The molecule has 0 aliphatic rings. The first-order chi connectivity index (χ1) is 11.5. The van der Waals surface area contributed by atoms with Gasteiger partial charge in [-0.1, -0.05) is 0 Å². The minimum atomic E-state index is -0.627. The molecule has 3 rings (SSSR count). The molecule has 0 saturated carbocycles. The molecule has 2 heterocycles. The number of aromatic hydroxyl groups is 1. The first-order valence-corrected chi connectivity index (χ1v) is 6.88. The highest BCUT2D eigenvalue weighted by Gasteiger charge is 2.16. The van der Waals surface area contributed by atoms with Gasteiger partial charge in [0, 0.05) is 24.5 Å². The maximum Gasteiger partial charge on any atom is 0.291 e. The number of phenols is 1. The van der Waals surface area contributed by atoms with E-state index in [1.165, 1.54) is 6.07 Å². The molecule has 2 aromatic heterocycles. The lowest BCUT2D eigenvalue weighted by Crippen LogP contribution is -2.11. The topological polar surface area (TPSA) is 123 Å². The molecule has 9 heteroatoms. The van der Waals surface area contributed by atoms with E-state index in [0.717, 1.165) is 18.2 Å². The van der Waals surface area contributed by atoms with Gasteiger partial charge in [0.15, 0.2) is 5.76 Å². The molecule has 0 aliphatic carbocycles. The van der Waals surface area contributed by atoms with Crippen molar-refractivity contribution in [2.24, 2.45) is 0 Å². The van der Waals surface area contributed by atoms with E-state index in [0.29, 0.717) is 12.3 Å². The van der Waals surface area contributed by atoms with Gasteiger partial charge in [0.05, 0.1) is 17.2 Å². The summed E-state index contributed by atoms with van der Waals surface area (Å²) in [5.74, 6) is -0.370. The quantitative estimate of drug-likeness (QED) is 0.421. The first-order valence-electron chi connectivity index (χ1n) is 6.88. The van der Waals surface area contributed by atoms with Crippen molar-refractivity contribution in [2.75, 3.05) is 5.32 Å². The van der Waals surface area contributed by atoms with Crippen molar-refractivity contribution < 1.29 is 19.2 Å². The van der Waals surface area contributed by atoms with E-state index in [2.05, 4.69) is 10.4 Å². The van der Waals surface area contributed by atoms with E-state index in [-0.39, 0.29) is 22.9 Å². The smallest absolute Gasteiger partial charge is 0.291 e. The predicted octanol–water partition coefficient (Wildman–Crippen LogP) is 2.39. The Balaban J connectivity index is 1.74. The number of nitrogens with one attached hydrogen (secondary N) is 1. The fourth-order valence-electron chi connectivity index (χ4n) is 2.06. The number of carbonyl (C=O) groups excluding carboxylic acids is 1. The molecule has 24 heavy (non-hydrogen) atoms. The number of hydrogen-bond acceptors (Lipinski definition) is 6. The number of rotatable bonds is 5. The van der Waals surface area contributed by atoms with E-state index in [9.17, 15) is 20.0 Å². The van der Waals surface area contributed by atoms with Gasteiger partial charge in [-0.2, -0.15) is 5.10 Å². The van der Waals surface area contributed by atoms with Gasteiger partial charge in [0.25, 0.3) is 11.6 Å². The number of aromatic nitrogens is 2. The number of nitrogens with zero attached hydrogens (tertiary/aromatic N) is 3. The summed E-state index contributed by atoms with van der Waals surface area (Å²) in [6, 6.07) is 8.22. The average Bonchev–Trinajstić information content (AvgIpc) is 3.21. The number of anilines is 1. The summed E-state index contributed by atoms with van der Waals surface area (Å²) in [6.45, 7) is 0.363. The summed E-state index contributed by atoms with van der Waals surface area (Å²) in [6.07, 6.45) is 3.38. The Labute approximate surface area is 135 Å². The van der Waals surface area contributed by atoms with Crippen LogP contribution in [0, 0.1) is 10.1 Å². The molecule has 0 spiro atoms. The lowest BCUT2D eigenvalue weighted by molar-refractivity contribution is -0.384. The summed E-state index contributed by atoms with van der Waals surface area (Å²) in [5, 5.41) is 26.9. The maximum atomic E-state index is 12.2. The number of nitro groups is 1. The van der Waals surface area contributed by atoms with Crippen molar-refractivity contribution >= 4 is 17.3 Å². The summed E-state index contributed by atoms with van der Waals surface area (Å²) in [5.41, 5.74) is -0.318. The van der Waals surface area contributed by atoms with E-state index < -0.39 is 10.8 Å². The molecule has 0 fully saturated rings. The van der Waals surface area contributed by atoms with Gasteiger partial charge in [-0.15, -0.1) is 0 Å². The number of benzene rings is 1. The molecule has 1 aromatic carbocycles. The number of carbonyl (C=O) groups is 1. The normalized spacial score (nSPS) is 10.5. The van der Waals surface area contributed by atoms with E-state index >= 15 is 0 Å². The molecule has 1 amide bonds. The minimum Gasteiger partial charge on any atom is -0.506 e. The van der Waals surface area contributed by atoms with Gasteiger partial charge >= 0.3 is 0 Å². The molecule has 122 valence electrons. The summed E-state index contributed by atoms with van der Waals surface area (Å²) >= 11 is 0. The van der Waals surface area contributed by atoms with Crippen molar-refractivity contribution in [1.29, 1.82) is 0 Å². The Bertz CT molecular complexity index is 885. The number of furan rings is 1. The van der Waals surface area contributed by atoms with Gasteiger partial charge in [-0.05, 0) is 24.3 Å². The second-order valence-corrected chi connectivity index (χ2v) is 4.88. The highest BCUT2D eigenvalue weighted by Crippen LogP contribution is 2.28. The standard InChI is InChI=1S/C15H12N4O5/c20-13-4-2-10(19(22)23)8-12(13)17-15(21)14-5-3-11(24-14)9-18-7-1-6-16-18/h1-8,20H,9H2,(H,17,21). The highest BCUT2D eigenvalue weighted by atomic mass is 16.6. The van der Waals surface area contributed by atoms with Crippen LogP contribution in [-0.2, 0) is 6.54 Å². The summed E-state index contributed by atoms with van der Waals surface area (Å²) < 4.78 is 7.05. The molecule has 0 aliphatic heterocycles. The molecule has 0 radical (unpaired) electrons. The molecule has 2 N–H and O–H groups in total. The van der Waals surface area contributed by atoms with Crippen LogP contribution in [0.3, 0.4) is 0 Å². The maximum absolute atomic E-state index is 12.2. The predicted molar refractivity (Wildman–Crippen MR) is 82.8 cm³/mol. The lowest BCUT2D eigenvalue weighted by atomic mass is 10.2. The van der Waals surface area contributed by atoms with Gasteiger partial charge in [0.2, 0.25) is 0 Å². The Morgan fingerprint density at radius 2 is 2.21 bits per heavy atom. The molecule has 0 bridgehead atoms. The van der Waals surface area contributed by atoms with Gasteiger partial charge in [0.1, 0.15) is 11.5 Å². The summed E-state index contributed by atoms with van der Waals surface area (Å²) in [7, 11) is 0. The van der Waals surface area contributed by atoms with Crippen LogP contribution in [0.2, 0.25) is 0 Å². The van der Waals surface area contributed by atoms with Crippen molar-refractivity contribution in [3.8, 4) is 5.75 Å². The van der Waals surface area contributed by atoms with Crippen LogP contribution in [0.15, 0.2) is 53.2 Å². The van der Waals surface area contributed by atoms with Crippen molar-refractivity contribution in [1.82, 2.24) is 9.78 Å². The Morgan fingerprint density at radius 1 is 1.38 bits per heavy atom. The van der Waals surface area contributed by atoms with E-state index in [1.54, 1.807) is 29.2 Å². The van der Waals surface area contributed by atoms with Crippen molar-refractivity contribution in [2.45, 2.75) is 6.54 Å². The van der Waals surface area contributed by atoms with Crippen LogP contribution in [0.4, 0.5) is 11.4 Å². The third-order valence-corrected chi connectivity index (χ3v) is 3.20. The number of phenolic OH excluding ortho intramolecular Hbond substituents is 1.